The third kappa shape index (κ3) is 1.54. The first-order chi connectivity index (χ1) is 7.09. The molecule has 76 valence electrons. The van der Waals surface area contributed by atoms with Crippen LogP contribution in [0.3, 0.4) is 0 Å². The maximum atomic E-state index is 13.1. The van der Waals surface area contributed by atoms with Gasteiger partial charge in [-0.05, 0) is 30.5 Å². The van der Waals surface area contributed by atoms with Crippen molar-refractivity contribution in [1.29, 1.82) is 5.41 Å². The van der Waals surface area contributed by atoms with E-state index < -0.39 is 0 Å². The van der Waals surface area contributed by atoms with Gasteiger partial charge in [0.25, 0.3) is 0 Å². The molecule has 1 heterocycles. The van der Waals surface area contributed by atoms with Crippen LogP contribution in [0.1, 0.15) is 12.5 Å². The number of hydrogen-bond acceptors (Lipinski definition) is 3. The van der Waals surface area contributed by atoms with Crippen molar-refractivity contribution in [1.82, 2.24) is 4.98 Å². The van der Waals surface area contributed by atoms with E-state index >= 15 is 0 Å². The van der Waals surface area contributed by atoms with E-state index in [0.717, 1.165) is 0 Å². The Hall–Kier alpha value is -1.97. The summed E-state index contributed by atoms with van der Waals surface area (Å²) >= 11 is 0. The molecule has 15 heavy (non-hydrogen) atoms. The summed E-state index contributed by atoms with van der Waals surface area (Å²) in [7, 11) is 0. The number of nitrogens with two attached hydrogens (primary N) is 1. The number of nitrogens with zero attached hydrogens (tertiary/aromatic N) is 1. The molecular formula is C11H10FN3. The van der Waals surface area contributed by atoms with Gasteiger partial charge in [-0.25, -0.2) is 9.37 Å². The summed E-state index contributed by atoms with van der Waals surface area (Å²) in [5.74, 6) is 0.0191. The minimum Gasteiger partial charge on any atom is -0.383 e. The first kappa shape index (κ1) is 9.58. The second-order valence-corrected chi connectivity index (χ2v) is 3.37. The van der Waals surface area contributed by atoms with Gasteiger partial charge < -0.3 is 11.1 Å². The van der Waals surface area contributed by atoms with Gasteiger partial charge in [0.05, 0.1) is 0 Å². The monoisotopic (exact) mass is 203 g/mol. The molecule has 0 aliphatic heterocycles. The van der Waals surface area contributed by atoms with Crippen LogP contribution in [0.15, 0.2) is 24.4 Å². The van der Waals surface area contributed by atoms with Gasteiger partial charge in [0.1, 0.15) is 11.6 Å². The lowest BCUT2D eigenvalue weighted by Gasteiger charge is -2.06. The summed E-state index contributed by atoms with van der Waals surface area (Å²) in [5, 5.41) is 8.87. The first-order valence-electron chi connectivity index (χ1n) is 4.49. The smallest absolute Gasteiger partial charge is 0.131 e. The number of anilines is 1. The molecule has 0 aliphatic rings. The van der Waals surface area contributed by atoms with Crippen LogP contribution in [0, 0.1) is 11.2 Å². The predicted molar refractivity (Wildman–Crippen MR) is 58.6 cm³/mol. The number of aromatic nitrogens is 1. The first-order valence-corrected chi connectivity index (χ1v) is 4.49. The lowest BCUT2D eigenvalue weighted by atomic mass is 10.0. The van der Waals surface area contributed by atoms with Crippen molar-refractivity contribution in [3.8, 4) is 0 Å². The average molecular weight is 203 g/mol. The van der Waals surface area contributed by atoms with Crippen LogP contribution < -0.4 is 5.73 Å². The maximum Gasteiger partial charge on any atom is 0.131 e. The Balaban J connectivity index is 2.90. The van der Waals surface area contributed by atoms with Crippen LogP contribution in [0.5, 0.6) is 0 Å². The van der Waals surface area contributed by atoms with Crippen LogP contribution in [0.4, 0.5) is 10.2 Å². The zero-order chi connectivity index (χ0) is 11.0. The van der Waals surface area contributed by atoms with E-state index in [4.69, 9.17) is 11.1 Å². The normalized spacial score (nSPS) is 10.5. The summed E-state index contributed by atoms with van der Waals surface area (Å²) in [6.45, 7) is 1.64. The topological polar surface area (TPSA) is 62.8 Å². The summed E-state index contributed by atoms with van der Waals surface area (Å²) < 4.78 is 13.1. The summed E-state index contributed by atoms with van der Waals surface area (Å²) in [6, 6.07) is 4.30. The lowest BCUT2D eigenvalue weighted by molar-refractivity contribution is 0.629. The molecule has 2 rings (SSSR count). The van der Waals surface area contributed by atoms with Crippen molar-refractivity contribution in [3.05, 3.63) is 35.8 Å². The molecule has 0 atom stereocenters. The minimum atomic E-state index is -0.337. The van der Waals surface area contributed by atoms with Gasteiger partial charge in [-0.3, -0.25) is 0 Å². The van der Waals surface area contributed by atoms with E-state index in [1.165, 1.54) is 18.3 Å². The molecule has 0 saturated carbocycles. The highest BCUT2D eigenvalue weighted by Gasteiger charge is 2.07. The molecular weight excluding hydrogens is 193 g/mol. The minimum absolute atomic E-state index is 0.337. The van der Waals surface area contributed by atoms with E-state index in [1.54, 1.807) is 13.0 Å². The molecule has 3 N–H and O–H groups in total. The standard InChI is InChI=1S/C11H10FN3/c1-6(13)10-5-15-11(14)8-3-2-7(12)4-9(8)10/h2-5,13H,1H3,(H2,14,15). The molecule has 0 spiro atoms. The molecule has 1 aromatic heterocycles. The van der Waals surface area contributed by atoms with Crippen LogP contribution >= 0.6 is 0 Å². The molecule has 4 heteroatoms. The highest BCUT2D eigenvalue weighted by atomic mass is 19.1. The summed E-state index contributed by atoms with van der Waals surface area (Å²) in [5.41, 5.74) is 6.63. The van der Waals surface area contributed by atoms with Gasteiger partial charge >= 0.3 is 0 Å². The summed E-state index contributed by atoms with van der Waals surface area (Å²) in [4.78, 5) is 3.97. The van der Waals surface area contributed by atoms with Crippen LogP contribution in [0.2, 0.25) is 0 Å². The number of benzene rings is 1. The number of nitrogens with one attached hydrogen (secondary N) is 1. The van der Waals surface area contributed by atoms with Crippen molar-refractivity contribution >= 4 is 22.3 Å². The van der Waals surface area contributed by atoms with E-state index in [9.17, 15) is 4.39 Å². The zero-order valence-corrected chi connectivity index (χ0v) is 8.21. The quantitative estimate of drug-likeness (QED) is 0.699. The van der Waals surface area contributed by atoms with Crippen LogP contribution in [0.25, 0.3) is 10.8 Å². The molecule has 0 saturated heterocycles. The Kier molecular flexibility index (Phi) is 2.11. The fourth-order valence-corrected chi connectivity index (χ4v) is 1.53. The molecule has 2 aromatic rings. The maximum absolute atomic E-state index is 13.1. The Morgan fingerprint density at radius 2 is 2.13 bits per heavy atom. The number of pyridine rings is 1. The van der Waals surface area contributed by atoms with Crippen molar-refractivity contribution in [3.63, 3.8) is 0 Å². The number of hydrogen-bond donors (Lipinski definition) is 2. The van der Waals surface area contributed by atoms with Gasteiger partial charge in [0.15, 0.2) is 0 Å². The Labute approximate surface area is 86.3 Å². The Morgan fingerprint density at radius 3 is 2.80 bits per heavy atom. The van der Waals surface area contributed by atoms with E-state index in [2.05, 4.69) is 4.98 Å². The molecule has 0 aliphatic carbocycles. The number of rotatable bonds is 1. The van der Waals surface area contributed by atoms with E-state index in [-0.39, 0.29) is 5.82 Å². The fraction of sp³-hybridized carbons (Fsp3) is 0.0909. The van der Waals surface area contributed by atoms with Crippen LogP contribution in [-0.4, -0.2) is 10.7 Å². The molecule has 0 bridgehead atoms. The van der Waals surface area contributed by atoms with E-state index in [0.29, 0.717) is 27.9 Å². The average Bonchev–Trinajstić information content (AvgIpc) is 2.17. The molecule has 0 radical (unpaired) electrons. The van der Waals surface area contributed by atoms with E-state index in [1.807, 2.05) is 0 Å². The molecule has 0 unspecified atom stereocenters. The number of halogens is 1. The fourth-order valence-electron chi connectivity index (χ4n) is 1.53. The highest BCUT2D eigenvalue weighted by Crippen LogP contribution is 2.23. The van der Waals surface area contributed by atoms with Gasteiger partial charge in [-0.15, -0.1) is 0 Å². The largest absolute Gasteiger partial charge is 0.383 e. The van der Waals surface area contributed by atoms with Crippen molar-refractivity contribution in [2.24, 2.45) is 0 Å². The van der Waals surface area contributed by atoms with Gasteiger partial charge in [-0.2, -0.15) is 0 Å². The molecule has 0 fully saturated rings. The second kappa shape index (κ2) is 3.31. The number of fused-ring (bicyclic) bond motifs is 1. The predicted octanol–water partition coefficient (Wildman–Crippen LogP) is 2.34. The SMILES string of the molecule is CC(=N)c1cnc(N)c2ccc(F)cc12. The molecule has 0 amide bonds. The summed E-state index contributed by atoms with van der Waals surface area (Å²) in [6.07, 6.45) is 1.50. The van der Waals surface area contributed by atoms with Crippen molar-refractivity contribution in [2.75, 3.05) is 5.73 Å². The highest BCUT2D eigenvalue weighted by molar-refractivity contribution is 6.09. The van der Waals surface area contributed by atoms with Crippen LogP contribution in [-0.2, 0) is 0 Å². The van der Waals surface area contributed by atoms with Gasteiger partial charge in [0, 0.05) is 22.9 Å². The third-order valence-electron chi connectivity index (χ3n) is 2.28. The Morgan fingerprint density at radius 1 is 1.40 bits per heavy atom. The third-order valence-corrected chi connectivity index (χ3v) is 2.28. The Bertz CT molecular complexity index is 549. The second-order valence-electron chi connectivity index (χ2n) is 3.37. The molecule has 1 aromatic carbocycles. The lowest BCUT2D eigenvalue weighted by Crippen LogP contribution is -1.99. The molecule has 3 nitrogen and oxygen atoms in total. The number of nitrogen functional groups attached to an aromatic ring is 1. The van der Waals surface area contributed by atoms with Gasteiger partial charge in [-0.1, -0.05) is 0 Å². The zero-order valence-electron chi connectivity index (χ0n) is 8.21. The van der Waals surface area contributed by atoms with Crippen molar-refractivity contribution in [2.45, 2.75) is 6.92 Å². The van der Waals surface area contributed by atoms with Gasteiger partial charge in [0.2, 0.25) is 0 Å². The van der Waals surface area contributed by atoms with Crippen molar-refractivity contribution < 1.29 is 4.39 Å².